The molecule has 2 atom stereocenters. The van der Waals surface area contributed by atoms with E-state index in [9.17, 15) is 18.8 Å². The van der Waals surface area contributed by atoms with Crippen molar-refractivity contribution in [2.75, 3.05) is 0 Å². The highest BCUT2D eigenvalue weighted by Gasteiger charge is 2.47. The third kappa shape index (κ3) is 3.69. The Morgan fingerprint density at radius 3 is 2.16 bits per heavy atom. The Bertz CT molecular complexity index is 1010. The normalized spacial score (nSPS) is 25.3. The van der Waals surface area contributed by atoms with Crippen LogP contribution in [0.3, 0.4) is 0 Å². The molecule has 160 valence electrons. The van der Waals surface area contributed by atoms with Crippen LogP contribution < -0.4 is 4.74 Å². The van der Waals surface area contributed by atoms with Gasteiger partial charge in [-0.2, -0.15) is 0 Å². The number of rotatable bonds is 4. The van der Waals surface area contributed by atoms with Crippen molar-refractivity contribution in [2.24, 2.45) is 0 Å². The van der Waals surface area contributed by atoms with Gasteiger partial charge >= 0.3 is 0 Å². The Kier molecular flexibility index (Phi) is 4.96. The molecule has 3 amide bonds. The van der Waals surface area contributed by atoms with E-state index in [1.165, 1.54) is 29.2 Å². The third-order valence-electron chi connectivity index (χ3n) is 6.53. The lowest BCUT2D eigenvalue weighted by Crippen LogP contribution is -2.53. The lowest BCUT2D eigenvalue weighted by atomic mass is 9.95. The number of likely N-dealkylation sites (tertiary alicyclic amines) is 1. The fraction of sp³-hybridized carbons (Fsp3) is 0.375. The summed E-state index contributed by atoms with van der Waals surface area (Å²) in [5.74, 6) is 0.432. The van der Waals surface area contributed by atoms with Crippen LogP contribution in [0, 0.1) is 5.82 Å². The molecular formula is C24H23FN2O4. The molecule has 5 rings (SSSR count). The van der Waals surface area contributed by atoms with Gasteiger partial charge in [-0.05, 0) is 68.1 Å². The third-order valence-corrected chi connectivity index (χ3v) is 6.53. The van der Waals surface area contributed by atoms with Gasteiger partial charge in [0.1, 0.15) is 17.3 Å². The lowest BCUT2D eigenvalue weighted by molar-refractivity contribution is -0.142. The Morgan fingerprint density at radius 1 is 0.871 bits per heavy atom. The molecule has 7 heteroatoms. The second-order valence-electron chi connectivity index (χ2n) is 8.46. The average molecular weight is 422 g/mol. The maximum absolute atomic E-state index is 13.3. The zero-order valence-corrected chi connectivity index (χ0v) is 17.0. The number of ether oxygens (including phenoxy) is 1. The zero-order chi connectivity index (χ0) is 21.5. The predicted molar refractivity (Wildman–Crippen MR) is 110 cm³/mol. The summed E-state index contributed by atoms with van der Waals surface area (Å²) in [6.07, 6.45) is 3.66. The summed E-state index contributed by atoms with van der Waals surface area (Å²) in [4.78, 5) is 41.0. The van der Waals surface area contributed by atoms with Gasteiger partial charge in [-0.1, -0.05) is 6.07 Å². The standard InChI is InChI=1S/C24H23FN2O4/c25-16-4-8-20(9-5-16)31-21-3-1-2-15(12-21)24(30)26-17-6-7-18(26)14-19(13-17)27-22(28)10-11-23(27)29/h1-5,8-9,12,17-19H,6-7,10-11,13-14H2. The molecular weight excluding hydrogens is 399 g/mol. The highest BCUT2D eigenvalue weighted by atomic mass is 19.1. The van der Waals surface area contributed by atoms with E-state index in [1.807, 2.05) is 4.90 Å². The second-order valence-corrected chi connectivity index (χ2v) is 8.46. The quantitative estimate of drug-likeness (QED) is 0.701. The molecule has 3 saturated heterocycles. The summed E-state index contributed by atoms with van der Waals surface area (Å²) < 4.78 is 18.9. The molecule has 0 spiro atoms. The largest absolute Gasteiger partial charge is 0.457 e. The van der Waals surface area contributed by atoms with E-state index in [0.717, 1.165) is 12.8 Å². The van der Waals surface area contributed by atoms with Gasteiger partial charge in [-0.15, -0.1) is 0 Å². The Morgan fingerprint density at radius 2 is 1.52 bits per heavy atom. The number of benzene rings is 2. The topological polar surface area (TPSA) is 66.9 Å². The lowest BCUT2D eigenvalue weighted by Gasteiger charge is -2.41. The Hall–Kier alpha value is -3.22. The van der Waals surface area contributed by atoms with Crippen molar-refractivity contribution in [3.63, 3.8) is 0 Å². The van der Waals surface area contributed by atoms with Crippen molar-refractivity contribution >= 4 is 17.7 Å². The van der Waals surface area contributed by atoms with Gasteiger partial charge < -0.3 is 9.64 Å². The molecule has 3 aliphatic heterocycles. The van der Waals surface area contributed by atoms with Crippen molar-refractivity contribution in [1.29, 1.82) is 0 Å². The first-order valence-electron chi connectivity index (χ1n) is 10.7. The van der Waals surface area contributed by atoms with E-state index >= 15 is 0 Å². The predicted octanol–water partition coefficient (Wildman–Crippen LogP) is 3.90. The van der Waals surface area contributed by atoms with Gasteiger partial charge in [0.15, 0.2) is 0 Å². The molecule has 0 N–H and O–H groups in total. The summed E-state index contributed by atoms with van der Waals surface area (Å²) in [5.41, 5.74) is 0.531. The maximum Gasteiger partial charge on any atom is 0.254 e. The molecule has 0 radical (unpaired) electrons. The summed E-state index contributed by atoms with van der Waals surface area (Å²) in [6.45, 7) is 0. The van der Waals surface area contributed by atoms with E-state index in [4.69, 9.17) is 4.74 Å². The molecule has 3 aliphatic rings. The van der Waals surface area contributed by atoms with Crippen LogP contribution in [0.4, 0.5) is 4.39 Å². The molecule has 2 bridgehead atoms. The van der Waals surface area contributed by atoms with Crippen molar-refractivity contribution in [3.8, 4) is 11.5 Å². The van der Waals surface area contributed by atoms with Gasteiger partial charge in [-0.3, -0.25) is 19.3 Å². The molecule has 3 fully saturated rings. The first kappa shape index (κ1) is 19.7. The van der Waals surface area contributed by atoms with Crippen LogP contribution in [0.5, 0.6) is 11.5 Å². The van der Waals surface area contributed by atoms with E-state index < -0.39 is 0 Å². The van der Waals surface area contributed by atoms with E-state index in [2.05, 4.69) is 0 Å². The second kappa shape index (κ2) is 7.80. The summed E-state index contributed by atoms with van der Waals surface area (Å²) in [7, 11) is 0. The highest BCUT2D eigenvalue weighted by Crippen LogP contribution is 2.40. The molecule has 3 heterocycles. The van der Waals surface area contributed by atoms with Gasteiger partial charge in [0.25, 0.3) is 5.91 Å². The minimum atomic E-state index is -0.340. The molecule has 2 aromatic rings. The first-order chi connectivity index (χ1) is 15.0. The number of carbonyl (C=O) groups is 3. The number of halogens is 1. The van der Waals surface area contributed by atoms with Crippen molar-refractivity contribution in [3.05, 3.63) is 59.9 Å². The van der Waals surface area contributed by atoms with Crippen molar-refractivity contribution in [1.82, 2.24) is 9.80 Å². The minimum Gasteiger partial charge on any atom is -0.457 e. The van der Waals surface area contributed by atoms with Gasteiger partial charge in [-0.25, -0.2) is 4.39 Å². The number of piperidine rings is 1. The van der Waals surface area contributed by atoms with Crippen molar-refractivity contribution < 1.29 is 23.5 Å². The van der Waals surface area contributed by atoms with E-state index in [0.29, 0.717) is 42.7 Å². The molecule has 2 aromatic carbocycles. The van der Waals surface area contributed by atoms with Crippen molar-refractivity contribution in [2.45, 2.75) is 56.7 Å². The Labute approximate surface area is 179 Å². The van der Waals surface area contributed by atoms with Gasteiger partial charge in [0.05, 0.1) is 0 Å². The first-order valence-corrected chi connectivity index (χ1v) is 10.7. The monoisotopic (exact) mass is 422 g/mol. The van der Waals surface area contributed by atoms with E-state index in [-0.39, 0.29) is 41.7 Å². The zero-order valence-electron chi connectivity index (χ0n) is 17.0. The fourth-order valence-electron chi connectivity index (χ4n) is 5.17. The maximum atomic E-state index is 13.3. The Balaban J connectivity index is 1.31. The highest BCUT2D eigenvalue weighted by molar-refractivity contribution is 6.02. The molecule has 6 nitrogen and oxygen atoms in total. The SMILES string of the molecule is O=C1CCC(=O)N1C1CC2CCC(C1)N2C(=O)c1cccc(Oc2ccc(F)cc2)c1. The van der Waals surface area contributed by atoms with Crippen LogP contribution in [0.25, 0.3) is 0 Å². The fourth-order valence-corrected chi connectivity index (χ4v) is 5.17. The number of hydrogen-bond acceptors (Lipinski definition) is 4. The smallest absolute Gasteiger partial charge is 0.254 e. The van der Waals surface area contributed by atoms with Crippen LogP contribution >= 0.6 is 0 Å². The van der Waals surface area contributed by atoms with Gasteiger partial charge in [0.2, 0.25) is 11.8 Å². The number of imide groups is 1. The van der Waals surface area contributed by atoms with Crippen LogP contribution in [-0.4, -0.2) is 45.6 Å². The molecule has 0 saturated carbocycles. The molecule has 2 unspecified atom stereocenters. The van der Waals surface area contributed by atoms with Crippen LogP contribution in [-0.2, 0) is 9.59 Å². The number of fused-ring (bicyclic) bond motifs is 2. The summed E-state index contributed by atoms with van der Waals surface area (Å²) in [6, 6.07) is 12.7. The van der Waals surface area contributed by atoms with Crippen LogP contribution in [0.2, 0.25) is 0 Å². The number of hydrogen-bond donors (Lipinski definition) is 0. The van der Waals surface area contributed by atoms with Gasteiger partial charge in [0, 0.05) is 36.5 Å². The molecule has 31 heavy (non-hydrogen) atoms. The van der Waals surface area contributed by atoms with E-state index in [1.54, 1.807) is 24.3 Å². The molecule has 0 aliphatic carbocycles. The number of carbonyl (C=O) groups excluding carboxylic acids is 3. The number of nitrogens with zero attached hydrogens (tertiary/aromatic N) is 2. The molecule has 0 aromatic heterocycles. The number of amides is 3. The summed E-state index contributed by atoms with van der Waals surface area (Å²) in [5, 5.41) is 0. The minimum absolute atomic E-state index is 0.0270. The average Bonchev–Trinajstić information content (AvgIpc) is 3.24. The van der Waals surface area contributed by atoms with Crippen LogP contribution in [0.15, 0.2) is 48.5 Å². The van der Waals surface area contributed by atoms with Crippen LogP contribution in [0.1, 0.15) is 48.9 Å². The summed E-state index contributed by atoms with van der Waals surface area (Å²) >= 11 is 0.